The number of halogens is 7. The number of hydrogen-bond donors (Lipinski definition) is 2. The second kappa shape index (κ2) is 4.83. The summed E-state index contributed by atoms with van der Waals surface area (Å²) in [6.07, 6.45) is -9.79. The van der Waals surface area contributed by atoms with E-state index in [4.69, 9.17) is 5.11 Å². The molecule has 0 bridgehead atoms. The van der Waals surface area contributed by atoms with Crippen molar-refractivity contribution >= 4 is 5.97 Å². The first-order valence-corrected chi connectivity index (χ1v) is 5.33. The Kier molecular flexibility index (Phi) is 4.07. The molecule has 0 amide bonds. The summed E-state index contributed by atoms with van der Waals surface area (Å²) in [7, 11) is 0. The highest BCUT2D eigenvalue weighted by atomic mass is 19.4. The molecule has 4 nitrogen and oxygen atoms in total. The Bertz CT molecular complexity index is 462. The summed E-state index contributed by atoms with van der Waals surface area (Å²) in [4.78, 5) is 11.1. The summed E-state index contributed by atoms with van der Waals surface area (Å²) < 4.78 is 95.6. The minimum Gasteiger partial charge on any atom is -0.446 e. The Labute approximate surface area is 113 Å². The predicted octanol–water partition coefficient (Wildman–Crippen LogP) is 1.60. The molecule has 1 heterocycles. The van der Waals surface area contributed by atoms with Gasteiger partial charge in [0.1, 0.15) is 0 Å². The highest BCUT2D eigenvalue weighted by Crippen LogP contribution is 2.49. The van der Waals surface area contributed by atoms with Crippen LogP contribution in [-0.2, 0) is 9.53 Å². The van der Waals surface area contributed by atoms with E-state index in [1.54, 1.807) is 0 Å². The van der Waals surface area contributed by atoms with Crippen LogP contribution < -0.4 is 5.32 Å². The maximum Gasteiger partial charge on any atom is 0.437 e. The molecule has 0 spiro atoms. The van der Waals surface area contributed by atoms with E-state index in [-0.39, 0.29) is 0 Å². The maximum atomic E-state index is 13.7. The predicted molar refractivity (Wildman–Crippen MR) is 53.6 cm³/mol. The number of carbonyl (C=O) groups is 1. The van der Waals surface area contributed by atoms with Crippen molar-refractivity contribution in [3.63, 3.8) is 0 Å². The van der Waals surface area contributed by atoms with E-state index in [0.29, 0.717) is 5.32 Å². The van der Waals surface area contributed by atoms with Crippen LogP contribution in [-0.4, -0.2) is 47.5 Å². The highest BCUT2D eigenvalue weighted by Gasteiger charge is 2.80. The summed E-state index contributed by atoms with van der Waals surface area (Å²) >= 11 is 0. The molecular formula is C10H10F7NO3. The molecule has 2 atom stereocenters. The van der Waals surface area contributed by atoms with Crippen molar-refractivity contribution in [2.24, 2.45) is 0 Å². The molecule has 0 aromatic heterocycles. The molecule has 1 saturated heterocycles. The molecule has 21 heavy (non-hydrogen) atoms. The van der Waals surface area contributed by atoms with Gasteiger partial charge in [0.2, 0.25) is 6.10 Å². The van der Waals surface area contributed by atoms with Gasteiger partial charge in [0.05, 0.1) is 6.54 Å². The van der Waals surface area contributed by atoms with E-state index in [1.165, 1.54) is 0 Å². The minimum absolute atomic E-state index is 0.573. The molecule has 2 N–H and O–H groups in total. The summed E-state index contributed by atoms with van der Waals surface area (Å²) in [5.74, 6) is -11.8. The normalized spacial score (nSPS) is 31.6. The van der Waals surface area contributed by atoms with Crippen molar-refractivity contribution in [2.75, 3.05) is 6.54 Å². The van der Waals surface area contributed by atoms with Crippen LogP contribution in [0, 0.1) is 0 Å². The zero-order valence-electron chi connectivity index (χ0n) is 10.4. The van der Waals surface area contributed by atoms with Crippen LogP contribution in [0.2, 0.25) is 0 Å². The van der Waals surface area contributed by atoms with Crippen LogP contribution in [0.5, 0.6) is 0 Å². The fraction of sp³-hybridized carbons (Fsp3) is 0.700. The van der Waals surface area contributed by atoms with Crippen LogP contribution in [0.1, 0.15) is 6.92 Å². The monoisotopic (exact) mass is 325 g/mol. The fourth-order valence-electron chi connectivity index (χ4n) is 1.57. The lowest BCUT2D eigenvalue weighted by Gasteiger charge is -2.47. The molecule has 1 aliphatic rings. The summed E-state index contributed by atoms with van der Waals surface area (Å²) in [5.41, 5.74) is -5.53. The van der Waals surface area contributed by atoms with E-state index in [9.17, 15) is 35.5 Å². The van der Waals surface area contributed by atoms with Gasteiger partial charge in [0, 0.05) is 5.57 Å². The first kappa shape index (κ1) is 17.7. The molecule has 0 aromatic carbocycles. The third-order valence-electron chi connectivity index (χ3n) is 2.76. The molecule has 1 aliphatic heterocycles. The summed E-state index contributed by atoms with van der Waals surface area (Å²) in [5, 5.41) is 9.72. The third kappa shape index (κ3) is 2.71. The largest absolute Gasteiger partial charge is 0.446 e. The zero-order chi connectivity index (χ0) is 16.9. The first-order valence-electron chi connectivity index (χ1n) is 5.33. The second-order valence-electron chi connectivity index (χ2n) is 4.51. The van der Waals surface area contributed by atoms with Gasteiger partial charge >= 0.3 is 24.0 Å². The van der Waals surface area contributed by atoms with Gasteiger partial charge in [-0.3, -0.25) is 5.32 Å². The smallest absolute Gasteiger partial charge is 0.437 e. The second-order valence-corrected chi connectivity index (χ2v) is 4.51. The number of piperidine rings is 1. The molecule has 11 heteroatoms. The summed E-state index contributed by atoms with van der Waals surface area (Å²) in [6.45, 7) is 1.90. The first-order chi connectivity index (χ1) is 9.17. The van der Waals surface area contributed by atoms with Gasteiger partial charge in [-0.05, 0) is 6.92 Å². The Morgan fingerprint density at radius 2 is 1.81 bits per heavy atom. The molecule has 1 rings (SSSR count). The van der Waals surface area contributed by atoms with Crippen LogP contribution in [0.25, 0.3) is 0 Å². The number of hydrogen-bond acceptors (Lipinski definition) is 4. The lowest BCUT2D eigenvalue weighted by Crippen LogP contribution is -2.79. The fourth-order valence-corrected chi connectivity index (χ4v) is 1.57. The maximum absolute atomic E-state index is 13.7. The zero-order valence-corrected chi connectivity index (χ0v) is 10.4. The quantitative estimate of drug-likeness (QED) is 0.460. The van der Waals surface area contributed by atoms with Crippen molar-refractivity contribution < 1.29 is 45.4 Å². The highest BCUT2D eigenvalue weighted by molar-refractivity contribution is 5.87. The average Bonchev–Trinajstić information content (AvgIpc) is 2.28. The number of ether oxygens (including phenoxy) is 1. The number of alkyl halides is 7. The molecule has 2 unspecified atom stereocenters. The Balaban J connectivity index is 3.29. The molecule has 0 radical (unpaired) electrons. The standard InChI is InChI=1S/C10H10F7NO3/c1-4(2)5(19)21-6-7(11,12)3-18-9(20,8(6,13)14)10(15,16)17/h6,18,20H,1,3H2,2H3. The van der Waals surface area contributed by atoms with Crippen LogP contribution in [0.4, 0.5) is 30.7 Å². The molecule has 0 saturated carbocycles. The van der Waals surface area contributed by atoms with Gasteiger partial charge in [-0.2, -0.15) is 22.0 Å². The number of carbonyl (C=O) groups excluding carboxylic acids is 1. The molecule has 1 fully saturated rings. The average molecular weight is 325 g/mol. The number of nitrogens with one attached hydrogen (secondary N) is 1. The molecular weight excluding hydrogens is 315 g/mol. The Morgan fingerprint density at radius 3 is 2.19 bits per heavy atom. The van der Waals surface area contributed by atoms with Gasteiger partial charge in [-0.25, -0.2) is 13.6 Å². The van der Waals surface area contributed by atoms with Gasteiger partial charge in [0.15, 0.2) is 0 Å². The SMILES string of the molecule is C=C(C)C(=O)OC1C(F)(F)CNC(O)(C(F)(F)F)C1(F)F. The van der Waals surface area contributed by atoms with Crippen molar-refractivity contribution in [1.29, 1.82) is 0 Å². The lowest BCUT2D eigenvalue weighted by molar-refractivity contribution is -0.394. The van der Waals surface area contributed by atoms with Crippen molar-refractivity contribution in [3.8, 4) is 0 Å². The lowest BCUT2D eigenvalue weighted by atomic mass is 9.90. The Hall–Kier alpha value is -1.36. The van der Waals surface area contributed by atoms with Gasteiger partial charge in [0.25, 0.3) is 5.72 Å². The van der Waals surface area contributed by atoms with Gasteiger partial charge in [-0.1, -0.05) is 6.58 Å². The van der Waals surface area contributed by atoms with Gasteiger partial charge < -0.3 is 9.84 Å². The van der Waals surface area contributed by atoms with Crippen LogP contribution in [0.3, 0.4) is 0 Å². The van der Waals surface area contributed by atoms with Crippen molar-refractivity contribution in [3.05, 3.63) is 12.2 Å². The summed E-state index contributed by atoms with van der Waals surface area (Å²) in [6, 6.07) is 0. The number of aliphatic hydroxyl groups is 1. The van der Waals surface area contributed by atoms with E-state index < -0.39 is 47.9 Å². The van der Waals surface area contributed by atoms with Crippen molar-refractivity contribution in [1.82, 2.24) is 5.32 Å². The van der Waals surface area contributed by atoms with Crippen molar-refractivity contribution in [2.45, 2.75) is 36.8 Å². The molecule has 0 aromatic rings. The topological polar surface area (TPSA) is 58.6 Å². The number of esters is 1. The van der Waals surface area contributed by atoms with Gasteiger partial charge in [-0.15, -0.1) is 0 Å². The van der Waals surface area contributed by atoms with Crippen LogP contribution >= 0.6 is 0 Å². The Morgan fingerprint density at radius 1 is 1.33 bits per heavy atom. The minimum atomic E-state index is -5.99. The number of rotatable bonds is 2. The van der Waals surface area contributed by atoms with E-state index in [0.717, 1.165) is 6.92 Å². The van der Waals surface area contributed by atoms with Crippen LogP contribution in [0.15, 0.2) is 12.2 Å². The van der Waals surface area contributed by atoms with E-state index >= 15 is 0 Å². The van der Waals surface area contributed by atoms with E-state index in [2.05, 4.69) is 11.3 Å². The molecule has 122 valence electrons. The third-order valence-corrected chi connectivity index (χ3v) is 2.76. The molecule has 0 aliphatic carbocycles. The van der Waals surface area contributed by atoms with E-state index in [1.807, 2.05) is 0 Å².